The molecule has 4 nitrogen and oxygen atoms in total. The van der Waals surface area contributed by atoms with E-state index in [0.29, 0.717) is 0 Å². The van der Waals surface area contributed by atoms with Crippen molar-refractivity contribution >= 4 is 5.97 Å². The zero-order valence-corrected chi connectivity index (χ0v) is 11.8. The number of carboxylic acids is 1. The first-order valence-corrected chi connectivity index (χ1v) is 2.27. The Labute approximate surface area is 47.7 Å². The fourth-order valence-corrected chi connectivity index (χ4v) is 0.313. The molecule has 3 N–H and O–H groups in total. The molecule has 0 amide bonds. The van der Waals surface area contributed by atoms with E-state index in [-0.39, 0.29) is 6.54 Å². The van der Waals surface area contributed by atoms with Crippen LogP contribution in [0.4, 0.5) is 0 Å². The summed E-state index contributed by atoms with van der Waals surface area (Å²) in [5.41, 5.74) is 6.65. The first-order chi connectivity index (χ1) is 3.72. The largest absolute Gasteiger partial charge is 0.676 e. The van der Waals surface area contributed by atoms with Gasteiger partial charge in [-0.15, -0.1) is 6.54 Å². The molecule has 1 atom stereocenters. The zero-order chi connectivity index (χ0) is 6.57. The standard InChI is InChI=1S/C4H9N2O2.Sg/c1-6-3(2-5)4(7)8;/h3,5-6H,2H2,1H3,(H,7,8);/q-1;. The first-order valence-electron chi connectivity index (χ1n) is 2.27. The van der Waals surface area contributed by atoms with Gasteiger partial charge in [0.05, 0.1) is 6.04 Å². The van der Waals surface area contributed by atoms with Gasteiger partial charge in [-0.05, 0) is 7.05 Å². The van der Waals surface area contributed by atoms with Crippen LogP contribution in [0.5, 0.6) is 0 Å². The Kier molecular flexibility index (Phi) is 5.25. The molecule has 1 unspecified atom stereocenters. The maximum Gasteiger partial charge on any atom is 0.318 e. The van der Waals surface area contributed by atoms with Crippen molar-refractivity contribution in [2.45, 2.75) is 6.04 Å². The Balaban J connectivity index is 0. The number of hydrogen-bond donors (Lipinski definition) is 2. The molecule has 5 heteroatoms. The quantitative estimate of drug-likeness (QED) is 0.701. The molecule has 0 aromatic carbocycles. The second kappa shape index (κ2) is 4.55. The van der Waals surface area contributed by atoms with Crippen LogP contribution >= 0.6 is 0 Å². The second-order valence-corrected chi connectivity index (χ2v) is 1.38. The Bertz CT molecular complexity index is 84.6. The first kappa shape index (κ1) is 10.4. The molecule has 0 aliphatic heterocycles. The summed E-state index contributed by atoms with van der Waals surface area (Å²) in [5.74, 6) is -0.970. The van der Waals surface area contributed by atoms with Gasteiger partial charge in [-0.1, -0.05) is 0 Å². The van der Waals surface area contributed by atoms with Crippen molar-refractivity contribution in [1.29, 1.82) is 0 Å². The molecule has 0 saturated heterocycles. The number of likely N-dealkylation sites (N-methyl/N-ethyl adjacent to an activating group) is 1. The van der Waals surface area contributed by atoms with E-state index in [9.17, 15) is 4.79 Å². The maximum absolute atomic E-state index is 9.98. The van der Waals surface area contributed by atoms with Crippen LogP contribution < -0.4 is 5.32 Å². The molecular weight excluding hydrogens is 377 g/mol. The predicted molar refractivity (Wildman–Crippen MR) is 29.7 cm³/mol. The van der Waals surface area contributed by atoms with Gasteiger partial charge in [0.1, 0.15) is 0 Å². The predicted octanol–water partition coefficient (Wildman–Crippen LogP) is -0.289. The van der Waals surface area contributed by atoms with Crippen molar-refractivity contribution in [3.05, 3.63) is 5.73 Å². The average molecular weight is 386 g/mol. The number of carboxylic acid groups (broad SMARTS) is 1. The summed E-state index contributed by atoms with van der Waals surface area (Å²) in [6.45, 7) is -0.119. The summed E-state index contributed by atoms with van der Waals surface area (Å²) in [7, 11) is 1.52. The van der Waals surface area contributed by atoms with Crippen molar-refractivity contribution in [3.8, 4) is 0 Å². The van der Waals surface area contributed by atoms with Crippen LogP contribution in [0, 0.1) is 0 Å². The Hall–Kier alpha value is -1.61. The zero-order valence-electron chi connectivity index (χ0n) is 5.35. The van der Waals surface area contributed by atoms with Gasteiger partial charge >= 0.3 is 5.97 Å². The van der Waals surface area contributed by atoms with Gasteiger partial charge in [0.15, 0.2) is 0 Å². The third-order valence-corrected chi connectivity index (χ3v) is 0.851. The van der Waals surface area contributed by atoms with Gasteiger partial charge in [0, 0.05) is 0 Å². The van der Waals surface area contributed by atoms with Crippen molar-refractivity contribution in [1.82, 2.24) is 5.32 Å². The minimum Gasteiger partial charge on any atom is -0.676 e. The smallest absolute Gasteiger partial charge is 0.318 e. The normalized spacial score (nSPS) is 11.8. The van der Waals surface area contributed by atoms with Gasteiger partial charge in [-0.25, -0.2) is 0 Å². The van der Waals surface area contributed by atoms with Gasteiger partial charge in [-0.3, -0.25) is 4.79 Å². The van der Waals surface area contributed by atoms with Gasteiger partial charge < -0.3 is 16.2 Å². The SMILES string of the molecule is CNC(C[NH-])C(=O)O.[Sg]. The second-order valence-electron chi connectivity index (χ2n) is 1.38. The van der Waals surface area contributed by atoms with E-state index in [1.807, 2.05) is 0 Å². The Morgan fingerprint density at radius 1 is 1.89 bits per heavy atom. The van der Waals surface area contributed by atoms with E-state index in [2.05, 4.69) is 5.32 Å². The summed E-state index contributed by atoms with van der Waals surface area (Å²) in [6, 6.07) is -0.713. The van der Waals surface area contributed by atoms with Gasteiger partial charge in [0.2, 0.25) is 0 Å². The number of carbonyl (C=O) groups is 1. The Morgan fingerprint density at radius 2 is 2.33 bits per heavy atom. The minimum atomic E-state index is -0.970. The van der Waals surface area contributed by atoms with Crippen LogP contribution in [0.15, 0.2) is 0 Å². The molecule has 0 radical (unpaired) electrons. The topological polar surface area (TPSA) is 73.1 Å². The van der Waals surface area contributed by atoms with Crippen LogP contribution in [0.3, 0.4) is 0 Å². The van der Waals surface area contributed by atoms with E-state index in [1.165, 1.54) is 7.05 Å². The molecule has 0 aromatic heterocycles. The van der Waals surface area contributed by atoms with E-state index < -0.39 is 12.0 Å². The van der Waals surface area contributed by atoms with Crippen LogP contribution in [-0.4, -0.2) is 30.7 Å². The van der Waals surface area contributed by atoms with Crippen LogP contribution in [-0.2, 0) is 4.79 Å². The molecule has 0 aliphatic rings. The fraction of sp³-hybridized carbons (Fsp3) is 0.750. The van der Waals surface area contributed by atoms with Gasteiger partial charge in [-0.2, -0.15) is 0 Å². The van der Waals surface area contributed by atoms with Crippen LogP contribution in [0.25, 0.3) is 5.73 Å². The molecule has 0 heterocycles. The molecule has 0 spiro atoms. The van der Waals surface area contributed by atoms with E-state index in [0.717, 1.165) is 0 Å². The van der Waals surface area contributed by atoms with Gasteiger partial charge in [0.25, 0.3) is 0 Å². The molecule has 0 rings (SSSR count). The summed E-state index contributed by atoms with van der Waals surface area (Å²) < 4.78 is 0. The number of hydrogen-bond acceptors (Lipinski definition) is 2. The summed E-state index contributed by atoms with van der Waals surface area (Å²) in [6.07, 6.45) is 0. The monoisotopic (exact) mass is 388 g/mol. The van der Waals surface area contributed by atoms with Crippen molar-refractivity contribution < 1.29 is 9.90 Å². The third kappa shape index (κ3) is 3.02. The number of aliphatic carboxylic acids is 1. The number of rotatable bonds is 3. The van der Waals surface area contributed by atoms with Crippen molar-refractivity contribution in [2.24, 2.45) is 0 Å². The van der Waals surface area contributed by atoms with Crippen LogP contribution in [0.1, 0.15) is 0 Å². The Morgan fingerprint density at radius 3 is 2.33 bits per heavy atom. The molecule has 0 bridgehead atoms. The van der Waals surface area contributed by atoms with Crippen molar-refractivity contribution in [3.63, 3.8) is 0 Å². The summed E-state index contributed by atoms with van der Waals surface area (Å²) >= 11 is 0. The van der Waals surface area contributed by atoms with Crippen molar-refractivity contribution in [2.75, 3.05) is 13.6 Å². The average Bonchev–Trinajstić information content (AvgIpc) is 1.69. The summed E-state index contributed by atoms with van der Waals surface area (Å²) in [5, 5.41) is 10.7. The maximum atomic E-state index is 9.98. The fourth-order valence-electron chi connectivity index (χ4n) is 0.313. The molecule has 0 aromatic rings. The molecule has 9 heavy (non-hydrogen) atoms. The molecule has 50 valence electrons. The van der Waals surface area contributed by atoms with E-state index in [4.69, 9.17) is 10.8 Å². The third-order valence-electron chi connectivity index (χ3n) is 0.851. The van der Waals surface area contributed by atoms with Crippen LogP contribution in [0.2, 0.25) is 0 Å². The minimum absolute atomic E-state index is 0. The molecular formula is C4H9N2O2Sg-. The van der Waals surface area contributed by atoms with E-state index >= 15 is 0 Å². The summed E-state index contributed by atoms with van der Waals surface area (Å²) in [4.78, 5) is 9.98. The molecule has 0 aliphatic carbocycles. The molecule has 0 fully saturated rings. The number of nitrogens with one attached hydrogen (secondary N) is 2. The molecule has 0 saturated carbocycles. The van der Waals surface area contributed by atoms with E-state index in [1.54, 1.807) is 0 Å².